The molecule has 2 atom stereocenters. The lowest BCUT2D eigenvalue weighted by Crippen LogP contribution is -2.51. The van der Waals surface area contributed by atoms with Gasteiger partial charge in [-0.3, -0.25) is 0 Å². The summed E-state index contributed by atoms with van der Waals surface area (Å²) in [6, 6.07) is 18.5. The molecule has 0 radical (unpaired) electrons. The maximum atomic E-state index is 6.27. The summed E-state index contributed by atoms with van der Waals surface area (Å²) in [4.78, 5) is 4.55. The van der Waals surface area contributed by atoms with E-state index in [1.165, 1.54) is 12.8 Å². The SMILES string of the molecule is C=CCN=C(Nc1ccc(OCc2ccccc2)cc1)N[C@H]1CCCC[C@@H]1N. The Labute approximate surface area is 167 Å². The van der Waals surface area contributed by atoms with E-state index in [-0.39, 0.29) is 12.1 Å². The van der Waals surface area contributed by atoms with Gasteiger partial charge in [0.25, 0.3) is 0 Å². The Bertz CT molecular complexity index is 758. The number of hydrogen-bond acceptors (Lipinski definition) is 3. The van der Waals surface area contributed by atoms with E-state index in [0.29, 0.717) is 13.2 Å². The average molecular weight is 379 g/mol. The molecule has 0 bridgehead atoms. The molecule has 148 valence electrons. The number of nitrogens with one attached hydrogen (secondary N) is 2. The maximum absolute atomic E-state index is 6.27. The number of nitrogens with two attached hydrogens (primary N) is 1. The monoisotopic (exact) mass is 378 g/mol. The van der Waals surface area contributed by atoms with E-state index in [0.717, 1.165) is 35.8 Å². The number of aliphatic imine (C=N–C) groups is 1. The number of hydrogen-bond donors (Lipinski definition) is 3. The molecule has 1 saturated carbocycles. The fraction of sp³-hybridized carbons (Fsp3) is 0.348. The van der Waals surface area contributed by atoms with Crippen LogP contribution in [0.4, 0.5) is 5.69 Å². The van der Waals surface area contributed by atoms with Crippen LogP contribution in [-0.4, -0.2) is 24.6 Å². The van der Waals surface area contributed by atoms with Crippen LogP contribution in [0.5, 0.6) is 5.75 Å². The summed E-state index contributed by atoms with van der Waals surface area (Å²) in [5, 5.41) is 6.85. The minimum absolute atomic E-state index is 0.165. The summed E-state index contributed by atoms with van der Waals surface area (Å²) in [6.45, 7) is 4.86. The Balaban J connectivity index is 1.58. The molecule has 0 heterocycles. The third-order valence-corrected chi connectivity index (χ3v) is 4.89. The lowest BCUT2D eigenvalue weighted by atomic mass is 9.91. The Morgan fingerprint density at radius 1 is 1.11 bits per heavy atom. The minimum Gasteiger partial charge on any atom is -0.489 e. The summed E-state index contributed by atoms with van der Waals surface area (Å²) >= 11 is 0. The van der Waals surface area contributed by atoms with Crippen molar-refractivity contribution in [1.82, 2.24) is 5.32 Å². The molecule has 0 amide bonds. The second-order valence-electron chi connectivity index (χ2n) is 7.10. The molecule has 1 aliphatic carbocycles. The number of benzene rings is 2. The molecule has 2 aromatic rings. The molecule has 0 saturated heterocycles. The normalized spacial score (nSPS) is 19.7. The molecule has 0 aliphatic heterocycles. The number of guanidine groups is 1. The highest BCUT2D eigenvalue weighted by Crippen LogP contribution is 2.19. The van der Waals surface area contributed by atoms with Crippen LogP contribution >= 0.6 is 0 Å². The van der Waals surface area contributed by atoms with Gasteiger partial charge in [-0.15, -0.1) is 6.58 Å². The van der Waals surface area contributed by atoms with Gasteiger partial charge in [0.2, 0.25) is 0 Å². The predicted molar refractivity (Wildman–Crippen MR) is 117 cm³/mol. The van der Waals surface area contributed by atoms with Crippen LogP contribution in [0.15, 0.2) is 72.2 Å². The van der Waals surface area contributed by atoms with Gasteiger partial charge in [0, 0.05) is 17.8 Å². The second kappa shape index (κ2) is 10.5. The molecule has 1 fully saturated rings. The van der Waals surface area contributed by atoms with Gasteiger partial charge in [0.15, 0.2) is 5.96 Å². The third-order valence-electron chi connectivity index (χ3n) is 4.89. The molecule has 2 aromatic carbocycles. The van der Waals surface area contributed by atoms with Crippen molar-refractivity contribution in [2.24, 2.45) is 10.7 Å². The fourth-order valence-electron chi connectivity index (χ4n) is 3.30. The van der Waals surface area contributed by atoms with Crippen LogP contribution in [0.25, 0.3) is 0 Å². The van der Waals surface area contributed by atoms with Crippen molar-refractivity contribution in [2.75, 3.05) is 11.9 Å². The van der Waals surface area contributed by atoms with Crippen molar-refractivity contribution < 1.29 is 4.74 Å². The quantitative estimate of drug-likeness (QED) is 0.386. The molecule has 1 aliphatic rings. The number of anilines is 1. The highest BCUT2D eigenvalue weighted by atomic mass is 16.5. The van der Waals surface area contributed by atoms with Crippen LogP contribution in [0.1, 0.15) is 31.2 Å². The molecule has 5 nitrogen and oxygen atoms in total. The molecular weight excluding hydrogens is 348 g/mol. The lowest BCUT2D eigenvalue weighted by molar-refractivity contribution is 0.306. The zero-order chi connectivity index (χ0) is 19.6. The van der Waals surface area contributed by atoms with E-state index in [4.69, 9.17) is 10.5 Å². The third kappa shape index (κ3) is 6.13. The van der Waals surface area contributed by atoms with E-state index in [2.05, 4.69) is 34.3 Å². The molecular formula is C23H30N4O. The Hall–Kier alpha value is -2.79. The number of rotatable bonds is 7. The van der Waals surface area contributed by atoms with Gasteiger partial charge in [-0.25, -0.2) is 4.99 Å². The summed E-state index contributed by atoms with van der Waals surface area (Å²) in [5.74, 6) is 1.57. The molecule has 0 unspecified atom stereocenters. The van der Waals surface area contributed by atoms with Gasteiger partial charge in [-0.2, -0.15) is 0 Å². The fourth-order valence-corrected chi connectivity index (χ4v) is 3.30. The Morgan fingerprint density at radius 3 is 2.57 bits per heavy atom. The summed E-state index contributed by atoms with van der Waals surface area (Å²) in [5.41, 5.74) is 8.37. The average Bonchev–Trinajstić information content (AvgIpc) is 2.74. The first kappa shape index (κ1) is 20.0. The van der Waals surface area contributed by atoms with Gasteiger partial charge in [0.1, 0.15) is 12.4 Å². The first-order valence-corrected chi connectivity index (χ1v) is 9.96. The highest BCUT2D eigenvalue weighted by Gasteiger charge is 2.22. The van der Waals surface area contributed by atoms with Crippen LogP contribution in [0, 0.1) is 0 Å². The zero-order valence-corrected chi connectivity index (χ0v) is 16.3. The summed E-state index contributed by atoms with van der Waals surface area (Å²) < 4.78 is 5.85. The van der Waals surface area contributed by atoms with Crippen molar-refractivity contribution in [3.8, 4) is 5.75 Å². The van der Waals surface area contributed by atoms with Gasteiger partial charge >= 0.3 is 0 Å². The topological polar surface area (TPSA) is 71.7 Å². The van der Waals surface area contributed by atoms with Crippen LogP contribution in [0.2, 0.25) is 0 Å². The summed E-state index contributed by atoms with van der Waals surface area (Å²) in [6.07, 6.45) is 6.32. The molecule has 4 N–H and O–H groups in total. The van der Waals surface area contributed by atoms with Crippen LogP contribution < -0.4 is 21.1 Å². The van der Waals surface area contributed by atoms with E-state index in [1.54, 1.807) is 6.08 Å². The molecule has 0 spiro atoms. The van der Waals surface area contributed by atoms with Gasteiger partial charge in [-0.1, -0.05) is 49.2 Å². The van der Waals surface area contributed by atoms with E-state index in [9.17, 15) is 0 Å². The first-order valence-electron chi connectivity index (χ1n) is 9.96. The van der Waals surface area contributed by atoms with Crippen LogP contribution in [0.3, 0.4) is 0 Å². The number of ether oxygens (including phenoxy) is 1. The van der Waals surface area contributed by atoms with Gasteiger partial charge in [-0.05, 0) is 42.7 Å². The van der Waals surface area contributed by atoms with Crippen LogP contribution in [-0.2, 0) is 6.61 Å². The Kier molecular flexibility index (Phi) is 7.50. The zero-order valence-electron chi connectivity index (χ0n) is 16.3. The van der Waals surface area contributed by atoms with Gasteiger partial charge < -0.3 is 21.1 Å². The first-order chi connectivity index (χ1) is 13.7. The standard InChI is InChI=1S/C23H30N4O/c1-2-16-25-23(27-22-11-7-6-10-21(22)24)26-19-12-14-20(15-13-19)28-17-18-8-4-3-5-9-18/h2-5,8-9,12-15,21-22H,1,6-7,10-11,16-17,24H2,(H2,25,26,27)/t21-,22-/m0/s1. The van der Waals surface area contributed by atoms with Crippen molar-refractivity contribution in [1.29, 1.82) is 0 Å². The van der Waals surface area contributed by atoms with Crippen molar-refractivity contribution in [2.45, 2.75) is 44.4 Å². The lowest BCUT2D eigenvalue weighted by Gasteiger charge is -2.30. The van der Waals surface area contributed by atoms with E-state index < -0.39 is 0 Å². The smallest absolute Gasteiger partial charge is 0.196 e. The maximum Gasteiger partial charge on any atom is 0.196 e. The highest BCUT2D eigenvalue weighted by molar-refractivity contribution is 5.94. The molecule has 0 aromatic heterocycles. The predicted octanol–water partition coefficient (Wildman–Crippen LogP) is 4.08. The van der Waals surface area contributed by atoms with Gasteiger partial charge in [0.05, 0.1) is 6.54 Å². The minimum atomic E-state index is 0.165. The van der Waals surface area contributed by atoms with E-state index >= 15 is 0 Å². The van der Waals surface area contributed by atoms with Crippen molar-refractivity contribution in [3.63, 3.8) is 0 Å². The number of nitrogens with zero attached hydrogens (tertiary/aromatic N) is 1. The van der Waals surface area contributed by atoms with Crippen molar-refractivity contribution in [3.05, 3.63) is 72.8 Å². The Morgan fingerprint density at radius 2 is 1.86 bits per heavy atom. The van der Waals surface area contributed by atoms with E-state index in [1.807, 2.05) is 42.5 Å². The largest absolute Gasteiger partial charge is 0.489 e. The molecule has 28 heavy (non-hydrogen) atoms. The summed E-state index contributed by atoms with van der Waals surface area (Å²) in [7, 11) is 0. The van der Waals surface area contributed by atoms with Crippen molar-refractivity contribution >= 4 is 11.6 Å². The molecule has 3 rings (SSSR count). The molecule has 5 heteroatoms. The second-order valence-corrected chi connectivity index (χ2v) is 7.10.